The van der Waals surface area contributed by atoms with Gasteiger partial charge in [-0.25, -0.2) is 4.98 Å². The van der Waals surface area contributed by atoms with Crippen LogP contribution in [-0.2, 0) is 4.79 Å². The molecule has 1 aromatic heterocycles. The maximum atomic E-state index is 12.1. The van der Waals surface area contributed by atoms with Crippen LogP contribution >= 0.6 is 0 Å². The molecule has 3 rings (SSSR count). The van der Waals surface area contributed by atoms with Crippen molar-refractivity contribution in [2.75, 3.05) is 13.1 Å². The second kappa shape index (κ2) is 9.31. The Labute approximate surface area is 180 Å². The maximum Gasteiger partial charge on any atom is 0.252 e. The Kier molecular flexibility index (Phi) is 6.56. The van der Waals surface area contributed by atoms with Crippen LogP contribution in [0.2, 0.25) is 0 Å². The number of pyridine rings is 1. The van der Waals surface area contributed by atoms with Gasteiger partial charge in [0.15, 0.2) is 0 Å². The quantitative estimate of drug-likeness (QED) is 0.754. The molecule has 1 saturated heterocycles. The molecule has 0 radical (unpaired) electrons. The van der Waals surface area contributed by atoms with Crippen LogP contribution in [-0.4, -0.2) is 47.0 Å². The number of ether oxygens (including phenoxy) is 2. The van der Waals surface area contributed by atoms with Gasteiger partial charge in [0.2, 0.25) is 11.8 Å². The van der Waals surface area contributed by atoms with Gasteiger partial charge < -0.3 is 20.1 Å². The second-order valence-corrected chi connectivity index (χ2v) is 7.57. The van der Waals surface area contributed by atoms with Gasteiger partial charge in [0.25, 0.3) is 5.91 Å². The number of aromatic nitrogens is 1. The number of nitriles is 2. The first kappa shape index (κ1) is 21.8. The Morgan fingerprint density at radius 3 is 2.74 bits per heavy atom. The fourth-order valence-electron chi connectivity index (χ4n) is 3.57. The zero-order chi connectivity index (χ0) is 22.5. The van der Waals surface area contributed by atoms with Crippen LogP contribution in [0.1, 0.15) is 49.0 Å². The van der Waals surface area contributed by atoms with Gasteiger partial charge in [0, 0.05) is 23.5 Å². The lowest BCUT2D eigenvalue weighted by Gasteiger charge is -2.32. The summed E-state index contributed by atoms with van der Waals surface area (Å²) in [7, 11) is 0. The summed E-state index contributed by atoms with van der Waals surface area (Å²) in [6, 6.07) is 7.08. The molecule has 1 fully saturated rings. The lowest BCUT2D eigenvalue weighted by molar-refractivity contribution is -0.132. The van der Waals surface area contributed by atoms with Crippen molar-refractivity contribution in [3.63, 3.8) is 0 Å². The van der Waals surface area contributed by atoms with Gasteiger partial charge in [0.05, 0.1) is 29.8 Å². The SMILES string of the molecule is CC(C)Oc1cc2c(O[C@@H]3CCCN(C(=O)CC#N)C3)ncc(C#N)c2cc1C(N)=O. The topological polar surface area (TPSA) is 142 Å². The van der Waals surface area contributed by atoms with Crippen molar-refractivity contribution < 1.29 is 19.1 Å². The van der Waals surface area contributed by atoms with E-state index in [-0.39, 0.29) is 47.3 Å². The summed E-state index contributed by atoms with van der Waals surface area (Å²) in [5, 5.41) is 19.3. The number of nitrogens with zero attached hydrogens (tertiary/aromatic N) is 4. The van der Waals surface area contributed by atoms with Crippen molar-refractivity contribution in [3.8, 4) is 23.8 Å². The Hall–Kier alpha value is -3.85. The first-order valence-corrected chi connectivity index (χ1v) is 9.98. The molecule has 0 aliphatic carbocycles. The van der Waals surface area contributed by atoms with Gasteiger partial charge in [0.1, 0.15) is 24.3 Å². The Morgan fingerprint density at radius 2 is 2.10 bits per heavy atom. The van der Waals surface area contributed by atoms with Crippen LogP contribution in [0.25, 0.3) is 10.8 Å². The molecule has 9 nitrogen and oxygen atoms in total. The molecule has 160 valence electrons. The summed E-state index contributed by atoms with van der Waals surface area (Å²) < 4.78 is 11.9. The number of carbonyl (C=O) groups is 2. The number of likely N-dealkylation sites (tertiary alicyclic amines) is 1. The molecule has 0 unspecified atom stereocenters. The van der Waals surface area contributed by atoms with Crippen LogP contribution in [0.4, 0.5) is 0 Å². The van der Waals surface area contributed by atoms with Gasteiger partial charge in [-0.3, -0.25) is 9.59 Å². The molecule has 0 spiro atoms. The third kappa shape index (κ3) is 4.84. The minimum Gasteiger partial charge on any atom is -0.490 e. The van der Waals surface area contributed by atoms with Crippen molar-refractivity contribution in [2.45, 2.75) is 45.3 Å². The molecule has 2 N–H and O–H groups in total. The van der Waals surface area contributed by atoms with Crippen molar-refractivity contribution >= 4 is 22.6 Å². The zero-order valence-corrected chi connectivity index (χ0v) is 17.4. The first-order chi connectivity index (χ1) is 14.8. The fourth-order valence-corrected chi connectivity index (χ4v) is 3.57. The minimum absolute atomic E-state index is 0.167. The van der Waals surface area contributed by atoms with E-state index in [1.165, 1.54) is 12.3 Å². The van der Waals surface area contributed by atoms with Crippen molar-refractivity contribution in [3.05, 3.63) is 29.5 Å². The average molecular weight is 421 g/mol. The number of fused-ring (bicyclic) bond motifs is 1. The number of piperidine rings is 1. The number of rotatable bonds is 6. The van der Waals surface area contributed by atoms with Gasteiger partial charge in [-0.1, -0.05) is 0 Å². The van der Waals surface area contributed by atoms with Gasteiger partial charge in [-0.05, 0) is 38.8 Å². The van der Waals surface area contributed by atoms with E-state index in [0.29, 0.717) is 30.3 Å². The van der Waals surface area contributed by atoms with Crippen LogP contribution in [0.15, 0.2) is 18.3 Å². The van der Waals surface area contributed by atoms with E-state index in [2.05, 4.69) is 11.1 Å². The molecule has 2 heterocycles. The Morgan fingerprint density at radius 1 is 1.32 bits per heavy atom. The molecule has 0 bridgehead atoms. The molecule has 2 amide bonds. The van der Waals surface area contributed by atoms with Crippen LogP contribution in [0, 0.1) is 22.7 Å². The average Bonchev–Trinajstić information content (AvgIpc) is 2.73. The molecular weight excluding hydrogens is 398 g/mol. The number of nitrogens with two attached hydrogens (primary N) is 1. The van der Waals surface area contributed by atoms with Crippen molar-refractivity contribution in [2.24, 2.45) is 5.73 Å². The number of hydrogen-bond donors (Lipinski definition) is 1. The standard InChI is InChI=1S/C22H23N5O4/c1-13(2)30-19-9-17-16(8-18(19)21(25)29)14(10-24)11-26-22(17)31-15-4-3-7-27(12-15)20(28)5-6-23/h8-9,11,13,15H,3-5,7,12H2,1-2H3,(H2,25,29)/t15-/m1/s1. The van der Waals surface area contributed by atoms with Gasteiger partial charge >= 0.3 is 0 Å². The van der Waals surface area contributed by atoms with E-state index in [1.807, 2.05) is 19.9 Å². The summed E-state index contributed by atoms with van der Waals surface area (Å²) in [4.78, 5) is 29.9. The molecule has 1 aliphatic heterocycles. The third-order valence-electron chi connectivity index (χ3n) is 4.94. The maximum absolute atomic E-state index is 12.1. The molecular formula is C22H23N5O4. The van der Waals surface area contributed by atoms with Gasteiger partial charge in [-0.15, -0.1) is 0 Å². The lowest BCUT2D eigenvalue weighted by Crippen LogP contribution is -2.44. The first-order valence-electron chi connectivity index (χ1n) is 9.98. The number of hydrogen-bond acceptors (Lipinski definition) is 7. The second-order valence-electron chi connectivity index (χ2n) is 7.57. The molecule has 9 heteroatoms. The summed E-state index contributed by atoms with van der Waals surface area (Å²) in [6.45, 7) is 4.57. The van der Waals surface area contributed by atoms with Crippen molar-refractivity contribution in [1.29, 1.82) is 10.5 Å². The monoisotopic (exact) mass is 421 g/mol. The highest BCUT2D eigenvalue weighted by atomic mass is 16.5. The van der Waals surface area contributed by atoms with E-state index in [9.17, 15) is 14.9 Å². The highest BCUT2D eigenvalue weighted by Crippen LogP contribution is 2.34. The molecule has 31 heavy (non-hydrogen) atoms. The number of carbonyl (C=O) groups excluding carboxylic acids is 2. The van der Waals surface area contributed by atoms with Gasteiger partial charge in [-0.2, -0.15) is 10.5 Å². The molecule has 1 atom stereocenters. The predicted molar refractivity (Wildman–Crippen MR) is 111 cm³/mol. The number of benzene rings is 1. The van der Waals surface area contributed by atoms with Crippen LogP contribution < -0.4 is 15.2 Å². The molecule has 1 aliphatic rings. The predicted octanol–water partition coefficient (Wildman–Crippen LogP) is 2.28. The fraction of sp³-hybridized carbons (Fsp3) is 0.409. The number of amides is 2. The Balaban J connectivity index is 2.00. The lowest BCUT2D eigenvalue weighted by atomic mass is 10.0. The zero-order valence-electron chi connectivity index (χ0n) is 17.4. The largest absolute Gasteiger partial charge is 0.490 e. The summed E-state index contributed by atoms with van der Waals surface area (Å²) in [5.74, 6) is -0.337. The van der Waals surface area contributed by atoms with Crippen LogP contribution in [0.5, 0.6) is 11.6 Å². The molecule has 1 aromatic carbocycles. The van der Waals surface area contributed by atoms with E-state index in [1.54, 1.807) is 11.0 Å². The molecule has 2 aromatic rings. The smallest absolute Gasteiger partial charge is 0.252 e. The van der Waals surface area contributed by atoms with E-state index >= 15 is 0 Å². The van der Waals surface area contributed by atoms with Crippen molar-refractivity contribution in [1.82, 2.24) is 9.88 Å². The highest BCUT2D eigenvalue weighted by molar-refractivity contribution is 6.03. The minimum atomic E-state index is -0.667. The summed E-state index contributed by atoms with van der Waals surface area (Å²) >= 11 is 0. The van der Waals surface area contributed by atoms with E-state index in [4.69, 9.17) is 20.5 Å². The summed E-state index contributed by atoms with van der Waals surface area (Å²) in [5.41, 5.74) is 5.96. The number of primary amides is 1. The van der Waals surface area contributed by atoms with Crippen LogP contribution in [0.3, 0.4) is 0 Å². The summed E-state index contributed by atoms with van der Waals surface area (Å²) in [6.07, 6.45) is 2.15. The van der Waals surface area contributed by atoms with E-state index in [0.717, 1.165) is 6.42 Å². The third-order valence-corrected chi connectivity index (χ3v) is 4.94. The molecule has 0 saturated carbocycles. The Bertz CT molecular complexity index is 1100. The normalized spacial score (nSPS) is 15.9. The van der Waals surface area contributed by atoms with E-state index < -0.39 is 5.91 Å². The highest BCUT2D eigenvalue weighted by Gasteiger charge is 2.26.